The van der Waals surface area contributed by atoms with Crippen molar-refractivity contribution in [3.05, 3.63) is 40.5 Å². The Morgan fingerprint density at radius 2 is 1.77 bits per heavy atom. The van der Waals surface area contributed by atoms with Gasteiger partial charge in [-0.2, -0.15) is 0 Å². The average molecular weight is 430 g/mol. The number of hydrogen-bond acceptors (Lipinski definition) is 7. The van der Waals surface area contributed by atoms with Crippen molar-refractivity contribution in [2.75, 3.05) is 26.4 Å². The molecule has 0 aliphatic heterocycles. The van der Waals surface area contributed by atoms with E-state index in [0.717, 1.165) is 32.8 Å². The van der Waals surface area contributed by atoms with Crippen LogP contribution in [0.2, 0.25) is 0 Å². The highest BCUT2D eigenvalue weighted by atomic mass is 32.1. The lowest BCUT2D eigenvalue weighted by atomic mass is 10.1. The highest BCUT2D eigenvalue weighted by Crippen LogP contribution is 2.34. The zero-order valence-electron chi connectivity index (χ0n) is 17.8. The molecule has 0 unspecified atom stereocenters. The zero-order valence-corrected chi connectivity index (χ0v) is 18.6. The number of ether oxygens (including phenoxy) is 3. The molecule has 2 heterocycles. The number of nitrogens with one attached hydrogen (secondary N) is 1. The molecular formula is C22H27N3O4S. The van der Waals surface area contributed by atoms with Gasteiger partial charge >= 0.3 is 0 Å². The van der Waals surface area contributed by atoms with E-state index in [4.69, 9.17) is 14.2 Å². The monoisotopic (exact) mass is 429 g/mol. The van der Waals surface area contributed by atoms with E-state index in [0.29, 0.717) is 43.5 Å². The van der Waals surface area contributed by atoms with Crippen molar-refractivity contribution in [2.45, 2.75) is 34.1 Å². The number of benzene rings is 1. The van der Waals surface area contributed by atoms with Gasteiger partial charge < -0.3 is 19.5 Å². The minimum Gasteiger partial charge on any atom is -0.490 e. The zero-order chi connectivity index (χ0) is 21.5. The first kappa shape index (κ1) is 21.8. The Balaban J connectivity index is 1.68. The predicted molar refractivity (Wildman–Crippen MR) is 118 cm³/mol. The Bertz CT molecular complexity index is 1020. The first-order chi connectivity index (χ1) is 14.6. The molecule has 0 aliphatic carbocycles. The summed E-state index contributed by atoms with van der Waals surface area (Å²) in [4.78, 5) is 22.6. The second-order valence-electron chi connectivity index (χ2n) is 6.50. The first-order valence-corrected chi connectivity index (χ1v) is 10.9. The van der Waals surface area contributed by atoms with Crippen LogP contribution in [0.25, 0.3) is 10.2 Å². The van der Waals surface area contributed by atoms with Gasteiger partial charge in [0.15, 0.2) is 11.5 Å². The fourth-order valence-electron chi connectivity index (χ4n) is 3.15. The molecule has 0 saturated carbocycles. The molecular weight excluding hydrogens is 402 g/mol. The van der Waals surface area contributed by atoms with Gasteiger partial charge in [0, 0.05) is 6.54 Å². The Hall–Kier alpha value is -2.87. The molecule has 0 saturated heterocycles. The van der Waals surface area contributed by atoms with Gasteiger partial charge in [0.1, 0.15) is 11.2 Å². The van der Waals surface area contributed by atoms with E-state index < -0.39 is 0 Å². The fraction of sp³-hybridized carbons (Fsp3) is 0.409. The highest BCUT2D eigenvalue weighted by Gasteiger charge is 2.19. The van der Waals surface area contributed by atoms with E-state index >= 15 is 0 Å². The van der Waals surface area contributed by atoms with Crippen molar-refractivity contribution >= 4 is 27.5 Å². The largest absolute Gasteiger partial charge is 0.490 e. The summed E-state index contributed by atoms with van der Waals surface area (Å²) in [5.41, 5.74) is 1.91. The van der Waals surface area contributed by atoms with Gasteiger partial charge in [-0.25, -0.2) is 9.97 Å². The summed E-state index contributed by atoms with van der Waals surface area (Å²) >= 11 is 1.36. The van der Waals surface area contributed by atoms with Gasteiger partial charge in [0.05, 0.1) is 30.1 Å². The van der Waals surface area contributed by atoms with E-state index in [1.54, 1.807) is 0 Å². The quantitative estimate of drug-likeness (QED) is 0.521. The lowest BCUT2D eigenvalue weighted by Gasteiger charge is -2.12. The third-order valence-electron chi connectivity index (χ3n) is 4.49. The number of carbonyl (C=O) groups excluding carboxylic acids is 1. The molecule has 0 atom stereocenters. The molecule has 8 heteroatoms. The van der Waals surface area contributed by atoms with E-state index in [1.165, 1.54) is 17.7 Å². The Morgan fingerprint density at radius 1 is 1.03 bits per heavy atom. The molecule has 3 aromatic rings. The normalized spacial score (nSPS) is 10.8. The average Bonchev–Trinajstić information content (AvgIpc) is 3.08. The number of carbonyl (C=O) groups is 1. The summed E-state index contributed by atoms with van der Waals surface area (Å²) in [6.45, 7) is 9.86. The minimum atomic E-state index is -0.117. The SMILES string of the molecule is CCOc1ccc(CCNC(=O)c2sc3ncnc(OCC)c3c2C)cc1OCC. The van der Waals surface area contributed by atoms with Crippen LogP contribution in [-0.4, -0.2) is 42.2 Å². The second kappa shape index (κ2) is 10.2. The third-order valence-corrected chi connectivity index (χ3v) is 5.68. The number of hydrogen-bond donors (Lipinski definition) is 1. The van der Waals surface area contributed by atoms with Gasteiger partial charge in [-0.3, -0.25) is 4.79 Å². The Labute approximate surface area is 180 Å². The maximum Gasteiger partial charge on any atom is 0.261 e. The minimum absolute atomic E-state index is 0.117. The van der Waals surface area contributed by atoms with Gasteiger partial charge in [0.2, 0.25) is 5.88 Å². The van der Waals surface area contributed by atoms with E-state index in [2.05, 4.69) is 15.3 Å². The van der Waals surface area contributed by atoms with Crippen molar-refractivity contribution in [2.24, 2.45) is 0 Å². The van der Waals surface area contributed by atoms with E-state index in [1.807, 2.05) is 45.9 Å². The molecule has 3 rings (SSSR count). The van der Waals surface area contributed by atoms with Crippen molar-refractivity contribution in [1.29, 1.82) is 0 Å². The number of nitrogens with zero attached hydrogens (tertiary/aromatic N) is 2. The number of rotatable bonds is 10. The molecule has 1 aromatic carbocycles. The third kappa shape index (κ3) is 4.81. The molecule has 1 N–H and O–H groups in total. The van der Waals surface area contributed by atoms with E-state index in [-0.39, 0.29) is 5.91 Å². The van der Waals surface area contributed by atoms with Crippen LogP contribution in [0.3, 0.4) is 0 Å². The number of aryl methyl sites for hydroxylation is 1. The van der Waals surface area contributed by atoms with Crippen LogP contribution in [-0.2, 0) is 6.42 Å². The molecule has 7 nitrogen and oxygen atoms in total. The van der Waals surface area contributed by atoms with Crippen LogP contribution in [0.15, 0.2) is 24.5 Å². The Morgan fingerprint density at radius 3 is 2.50 bits per heavy atom. The lowest BCUT2D eigenvalue weighted by Crippen LogP contribution is -2.25. The summed E-state index contributed by atoms with van der Waals surface area (Å²) in [7, 11) is 0. The van der Waals surface area contributed by atoms with E-state index in [9.17, 15) is 4.79 Å². The van der Waals surface area contributed by atoms with Crippen LogP contribution in [0.5, 0.6) is 17.4 Å². The molecule has 160 valence electrons. The van der Waals surface area contributed by atoms with Crippen LogP contribution in [0, 0.1) is 6.92 Å². The van der Waals surface area contributed by atoms with Gasteiger partial charge in [-0.1, -0.05) is 6.07 Å². The standard InChI is InChI=1S/C22H27N3O4S/c1-5-27-16-9-8-15(12-17(16)28-6-2)10-11-23-20(26)19-14(4)18-21(29-7-3)24-13-25-22(18)30-19/h8-9,12-13H,5-7,10-11H2,1-4H3,(H,23,26). The maximum atomic E-state index is 12.8. The first-order valence-electron chi connectivity index (χ1n) is 10.1. The molecule has 1 amide bonds. The van der Waals surface area contributed by atoms with Crippen molar-refractivity contribution in [3.63, 3.8) is 0 Å². The summed E-state index contributed by atoms with van der Waals surface area (Å²) < 4.78 is 16.9. The molecule has 0 spiro atoms. The summed E-state index contributed by atoms with van der Waals surface area (Å²) in [5, 5.41) is 3.81. The van der Waals surface area contributed by atoms with Crippen LogP contribution < -0.4 is 19.5 Å². The summed E-state index contributed by atoms with van der Waals surface area (Å²) in [6.07, 6.45) is 2.15. The maximum absolute atomic E-state index is 12.8. The number of fused-ring (bicyclic) bond motifs is 1. The predicted octanol–water partition coefficient (Wildman–Crippen LogP) is 4.17. The number of amides is 1. The molecule has 0 aliphatic rings. The van der Waals surface area contributed by atoms with Gasteiger partial charge in [-0.05, 0) is 57.4 Å². The topological polar surface area (TPSA) is 82.6 Å². The molecule has 0 fully saturated rings. The number of aromatic nitrogens is 2. The summed E-state index contributed by atoms with van der Waals surface area (Å²) in [6, 6.07) is 5.87. The van der Waals surface area contributed by atoms with Gasteiger partial charge in [-0.15, -0.1) is 11.3 Å². The Kier molecular flexibility index (Phi) is 7.46. The molecule has 30 heavy (non-hydrogen) atoms. The van der Waals surface area contributed by atoms with Crippen molar-refractivity contribution in [1.82, 2.24) is 15.3 Å². The second-order valence-corrected chi connectivity index (χ2v) is 7.50. The lowest BCUT2D eigenvalue weighted by molar-refractivity contribution is 0.0957. The molecule has 2 aromatic heterocycles. The van der Waals surface area contributed by atoms with Crippen molar-refractivity contribution in [3.8, 4) is 17.4 Å². The van der Waals surface area contributed by atoms with Gasteiger partial charge in [0.25, 0.3) is 5.91 Å². The summed E-state index contributed by atoms with van der Waals surface area (Å²) in [5.74, 6) is 1.87. The van der Waals surface area contributed by atoms with Crippen LogP contribution in [0.4, 0.5) is 0 Å². The highest BCUT2D eigenvalue weighted by molar-refractivity contribution is 7.20. The van der Waals surface area contributed by atoms with Crippen molar-refractivity contribution < 1.29 is 19.0 Å². The molecule has 0 bridgehead atoms. The molecule has 0 radical (unpaired) electrons. The van der Waals surface area contributed by atoms with Crippen LogP contribution in [0.1, 0.15) is 41.6 Å². The fourth-order valence-corrected chi connectivity index (χ4v) is 4.21. The number of thiophene rings is 1. The smallest absolute Gasteiger partial charge is 0.261 e. The van der Waals surface area contributed by atoms with Crippen LogP contribution >= 0.6 is 11.3 Å².